The minimum absolute atomic E-state index is 0.112. The van der Waals surface area contributed by atoms with Crippen LogP contribution in [-0.2, 0) is 0 Å². The fourth-order valence-electron chi connectivity index (χ4n) is 1.31. The van der Waals surface area contributed by atoms with E-state index in [2.05, 4.69) is 13.8 Å². The number of carbonyl (C=O) groups excluding carboxylic acids is 1. The molecule has 0 unspecified atom stereocenters. The molecular weight excluding hydrogens is 207 g/mol. The Morgan fingerprint density at radius 1 is 1.44 bits per heavy atom. The second-order valence-electron chi connectivity index (χ2n) is 4.23. The fourth-order valence-corrected chi connectivity index (χ4v) is 1.31. The summed E-state index contributed by atoms with van der Waals surface area (Å²) in [6, 6.07) is 3.99. The van der Waals surface area contributed by atoms with Crippen LogP contribution < -0.4 is 4.74 Å². The molecule has 0 heterocycles. The van der Waals surface area contributed by atoms with E-state index in [1.165, 1.54) is 25.1 Å². The minimum atomic E-state index is -0.385. The van der Waals surface area contributed by atoms with E-state index in [0.29, 0.717) is 23.8 Å². The van der Waals surface area contributed by atoms with Crippen molar-refractivity contribution in [3.05, 3.63) is 29.6 Å². The van der Waals surface area contributed by atoms with Gasteiger partial charge in [0.25, 0.3) is 0 Å². The average molecular weight is 224 g/mol. The molecule has 0 spiro atoms. The quantitative estimate of drug-likeness (QED) is 0.716. The number of ketones is 1. The van der Waals surface area contributed by atoms with E-state index in [9.17, 15) is 9.18 Å². The van der Waals surface area contributed by atoms with Crippen molar-refractivity contribution in [3.63, 3.8) is 0 Å². The number of Topliss-reactive ketones (excluding diaryl/α,β-unsaturated/α-hetero) is 1. The highest BCUT2D eigenvalue weighted by atomic mass is 19.1. The topological polar surface area (TPSA) is 26.3 Å². The predicted molar refractivity (Wildman–Crippen MR) is 61.4 cm³/mol. The van der Waals surface area contributed by atoms with E-state index in [-0.39, 0.29) is 11.6 Å². The largest absolute Gasteiger partial charge is 0.493 e. The molecule has 0 aliphatic rings. The third-order valence-electron chi connectivity index (χ3n) is 2.28. The number of rotatable bonds is 5. The Bertz CT molecular complexity index is 372. The summed E-state index contributed by atoms with van der Waals surface area (Å²) in [5.41, 5.74) is 0.435. The first-order valence-electron chi connectivity index (χ1n) is 5.44. The van der Waals surface area contributed by atoms with Gasteiger partial charge < -0.3 is 4.74 Å². The lowest BCUT2D eigenvalue weighted by Gasteiger charge is -2.11. The Morgan fingerprint density at radius 3 is 2.69 bits per heavy atom. The van der Waals surface area contributed by atoms with Crippen LogP contribution in [0.5, 0.6) is 5.75 Å². The zero-order valence-electron chi connectivity index (χ0n) is 9.92. The highest BCUT2D eigenvalue weighted by Gasteiger charge is 2.09. The van der Waals surface area contributed by atoms with Crippen LogP contribution in [0.3, 0.4) is 0 Å². The van der Waals surface area contributed by atoms with Gasteiger partial charge in [0.2, 0.25) is 0 Å². The zero-order chi connectivity index (χ0) is 12.1. The summed E-state index contributed by atoms with van der Waals surface area (Å²) in [6.07, 6.45) is 0.883. The van der Waals surface area contributed by atoms with Crippen molar-refractivity contribution in [2.75, 3.05) is 6.61 Å². The molecule has 0 saturated carbocycles. The summed E-state index contributed by atoms with van der Waals surface area (Å²) in [6.45, 7) is 6.12. The van der Waals surface area contributed by atoms with Crippen molar-refractivity contribution >= 4 is 5.78 Å². The van der Waals surface area contributed by atoms with Crippen molar-refractivity contribution in [1.82, 2.24) is 0 Å². The maximum Gasteiger partial charge on any atom is 0.163 e. The van der Waals surface area contributed by atoms with Gasteiger partial charge >= 0.3 is 0 Å². The van der Waals surface area contributed by atoms with Crippen LogP contribution in [0.25, 0.3) is 0 Å². The molecular formula is C13H17FO2. The summed E-state index contributed by atoms with van der Waals surface area (Å²) in [5, 5.41) is 0. The first-order valence-corrected chi connectivity index (χ1v) is 5.44. The van der Waals surface area contributed by atoms with Gasteiger partial charge in [0.05, 0.1) is 12.2 Å². The Morgan fingerprint density at radius 2 is 2.12 bits per heavy atom. The van der Waals surface area contributed by atoms with E-state index < -0.39 is 0 Å². The third kappa shape index (κ3) is 3.65. The molecule has 0 amide bonds. The maximum atomic E-state index is 13.0. The molecule has 0 aliphatic carbocycles. The van der Waals surface area contributed by atoms with Crippen LogP contribution in [0.4, 0.5) is 4.39 Å². The summed E-state index contributed by atoms with van der Waals surface area (Å²) >= 11 is 0. The Hall–Kier alpha value is -1.38. The average Bonchev–Trinajstić information content (AvgIpc) is 2.16. The van der Waals surface area contributed by atoms with Gasteiger partial charge in [0.15, 0.2) is 5.78 Å². The van der Waals surface area contributed by atoms with E-state index in [1.807, 2.05) is 0 Å². The normalized spacial score (nSPS) is 10.6. The molecule has 3 heteroatoms. The van der Waals surface area contributed by atoms with Gasteiger partial charge in [0, 0.05) is 6.07 Å². The molecule has 0 aromatic heterocycles. The fraction of sp³-hybridized carbons (Fsp3) is 0.462. The van der Waals surface area contributed by atoms with Gasteiger partial charge in [0.1, 0.15) is 11.6 Å². The second-order valence-corrected chi connectivity index (χ2v) is 4.23. The van der Waals surface area contributed by atoms with Crippen LogP contribution in [0.2, 0.25) is 0 Å². The zero-order valence-corrected chi connectivity index (χ0v) is 9.92. The molecule has 0 aliphatic heterocycles. The molecule has 1 rings (SSSR count). The van der Waals surface area contributed by atoms with Gasteiger partial charge in [-0.15, -0.1) is 0 Å². The summed E-state index contributed by atoms with van der Waals surface area (Å²) < 4.78 is 18.4. The van der Waals surface area contributed by atoms with E-state index in [0.717, 1.165) is 6.42 Å². The standard InChI is InChI=1S/C13H17FO2/c1-9(2)6-7-16-13-8-11(14)4-5-12(13)10(3)15/h4-5,8-9H,6-7H2,1-3H3. The Labute approximate surface area is 95.4 Å². The number of ether oxygens (including phenoxy) is 1. The molecule has 0 fully saturated rings. The number of halogens is 1. The monoisotopic (exact) mass is 224 g/mol. The van der Waals surface area contributed by atoms with Crippen LogP contribution in [0.15, 0.2) is 18.2 Å². The lowest BCUT2D eigenvalue weighted by molar-refractivity contribution is 0.101. The summed E-state index contributed by atoms with van der Waals surface area (Å²) in [7, 11) is 0. The smallest absolute Gasteiger partial charge is 0.163 e. The molecule has 0 saturated heterocycles. The van der Waals surface area contributed by atoms with Gasteiger partial charge in [-0.05, 0) is 31.4 Å². The van der Waals surface area contributed by atoms with Crippen molar-refractivity contribution < 1.29 is 13.9 Å². The van der Waals surface area contributed by atoms with Gasteiger partial charge in [-0.2, -0.15) is 0 Å². The van der Waals surface area contributed by atoms with Crippen molar-refractivity contribution in [2.45, 2.75) is 27.2 Å². The van der Waals surface area contributed by atoms with Crippen LogP contribution in [0.1, 0.15) is 37.6 Å². The number of hydrogen-bond acceptors (Lipinski definition) is 2. The van der Waals surface area contributed by atoms with E-state index in [1.54, 1.807) is 0 Å². The molecule has 1 aromatic carbocycles. The van der Waals surface area contributed by atoms with E-state index in [4.69, 9.17) is 4.74 Å². The van der Waals surface area contributed by atoms with Gasteiger partial charge in [-0.1, -0.05) is 13.8 Å². The lowest BCUT2D eigenvalue weighted by Crippen LogP contribution is -2.05. The predicted octanol–water partition coefficient (Wildman–Crippen LogP) is 3.45. The van der Waals surface area contributed by atoms with Crippen molar-refractivity contribution in [1.29, 1.82) is 0 Å². The number of carbonyl (C=O) groups is 1. The minimum Gasteiger partial charge on any atom is -0.493 e. The third-order valence-corrected chi connectivity index (χ3v) is 2.28. The molecule has 0 bridgehead atoms. The van der Waals surface area contributed by atoms with Crippen LogP contribution in [-0.4, -0.2) is 12.4 Å². The van der Waals surface area contributed by atoms with Crippen LogP contribution in [0, 0.1) is 11.7 Å². The molecule has 0 radical (unpaired) electrons. The lowest BCUT2D eigenvalue weighted by atomic mass is 10.1. The molecule has 2 nitrogen and oxygen atoms in total. The first kappa shape index (κ1) is 12.7. The van der Waals surface area contributed by atoms with Gasteiger partial charge in [-0.3, -0.25) is 4.79 Å². The summed E-state index contributed by atoms with van der Waals surface area (Å²) in [4.78, 5) is 11.3. The molecule has 1 aromatic rings. The molecule has 16 heavy (non-hydrogen) atoms. The van der Waals surface area contributed by atoms with Crippen LogP contribution >= 0.6 is 0 Å². The number of benzene rings is 1. The molecule has 0 atom stereocenters. The maximum absolute atomic E-state index is 13.0. The SMILES string of the molecule is CC(=O)c1ccc(F)cc1OCCC(C)C. The first-order chi connectivity index (χ1) is 7.50. The van der Waals surface area contributed by atoms with Crippen molar-refractivity contribution in [2.24, 2.45) is 5.92 Å². The molecule has 0 N–H and O–H groups in total. The second kappa shape index (κ2) is 5.64. The Balaban J connectivity index is 2.76. The van der Waals surface area contributed by atoms with E-state index >= 15 is 0 Å². The Kier molecular flexibility index (Phi) is 4.47. The molecule has 88 valence electrons. The highest BCUT2D eigenvalue weighted by Crippen LogP contribution is 2.21. The van der Waals surface area contributed by atoms with Crippen molar-refractivity contribution in [3.8, 4) is 5.75 Å². The van der Waals surface area contributed by atoms with Gasteiger partial charge in [-0.25, -0.2) is 4.39 Å². The number of hydrogen-bond donors (Lipinski definition) is 0. The highest BCUT2D eigenvalue weighted by molar-refractivity contribution is 5.96. The summed E-state index contributed by atoms with van der Waals surface area (Å²) in [5.74, 6) is 0.367.